The second-order valence-corrected chi connectivity index (χ2v) is 8.65. The lowest BCUT2D eigenvalue weighted by molar-refractivity contribution is -0.124. The van der Waals surface area contributed by atoms with Gasteiger partial charge in [-0.2, -0.15) is 0 Å². The summed E-state index contributed by atoms with van der Waals surface area (Å²) in [6, 6.07) is -0.0712. The molecule has 1 aliphatic rings. The fourth-order valence-corrected chi connectivity index (χ4v) is 4.45. The zero-order valence-corrected chi connectivity index (χ0v) is 15.9. The van der Waals surface area contributed by atoms with Crippen molar-refractivity contribution in [2.45, 2.75) is 91.5 Å². The summed E-state index contributed by atoms with van der Waals surface area (Å²) in [5.74, 6) is 0.0970. The fraction of sp³-hybridized carbons (Fsp3) is 0.895. The molecule has 5 nitrogen and oxygen atoms in total. The first-order chi connectivity index (χ1) is 11.2. The van der Waals surface area contributed by atoms with Crippen molar-refractivity contribution in [3.05, 3.63) is 0 Å². The van der Waals surface area contributed by atoms with Crippen molar-refractivity contribution in [2.75, 3.05) is 6.54 Å². The monoisotopic (exact) mass is 340 g/mol. The summed E-state index contributed by atoms with van der Waals surface area (Å²) in [5, 5.41) is 14.7. The van der Waals surface area contributed by atoms with Crippen LogP contribution >= 0.6 is 0 Å². The molecule has 2 unspecified atom stereocenters. The van der Waals surface area contributed by atoms with Gasteiger partial charge in [0.05, 0.1) is 0 Å². The first-order valence-corrected chi connectivity index (χ1v) is 9.42. The van der Waals surface area contributed by atoms with Gasteiger partial charge in [-0.25, -0.2) is 4.79 Å². The highest BCUT2D eigenvalue weighted by atomic mass is 16.4. The lowest BCUT2D eigenvalue weighted by atomic mass is 9.61. The van der Waals surface area contributed by atoms with Crippen LogP contribution in [0, 0.1) is 10.8 Å². The highest BCUT2D eigenvalue weighted by molar-refractivity contribution is 5.76. The Labute approximate surface area is 147 Å². The Balaban J connectivity index is 2.45. The Kier molecular flexibility index (Phi) is 8.04. The molecule has 0 bridgehead atoms. The minimum Gasteiger partial charge on any atom is -0.465 e. The van der Waals surface area contributed by atoms with E-state index in [2.05, 4.69) is 38.3 Å². The number of unbranched alkanes of at least 4 members (excludes halogenated alkanes) is 4. The van der Waals surface area contributed by atoms with Crippen molar-refractivity contribution >= 4 is 12.0 Å². The van der Waals surface area contributed by atoms with E-state index >= 15 is 0 Å². The van der Waals surface area contributed by atoms with Crippen LogP contribution in [0.3, 0.4) is 0 Å². The minimum atomic E-state index is -0.975. The second kappa shape index (κ2) is 9.28. The van der Waals surface area contributed by atoms with E-state index in [1.807, 2.05) is 0 Å². The molecule has 5 heteroatoms. The number of hydrogen-bond acceptors (Lipinski definition) is 2. The van der Waals surface area contributed by atoms with Crippen LogP contribution in [0.4, 0.5) is 4.79 Å². The second-order valence-electron chi connectivity index (χ2n) is 8.65. The van der Waals surface area contributed by atoms with Gasteiger partial charge in [-0.05, 0) is 36.5 Å². The predicted molar refractivity (Wildman–Crippen MR) is 97.1 cm³/mol. The van der Waals surface area contributed by atoms with Crippen molar-refractivity contribution in [2.24, 2.45) is 10.8 Å². The SMILES string of the molecule is CCCCCCCNC(=O)CC1(C)CC(NC(=O)O)CC(C)(C)C1. The zero-order chi connectivity index (χ0) is 18.2. The summed E-state index contributed by atoms with van der Waals surface area (Å²) in [6.45, 7) is 9.38. The van der Waals surface area contributed by atoms with Crippen molar-refractivity contribution in [3.63, 3.8) is 0 Å². The third kappa shape index (κ3) is 8.02. The first kappa shape index (κ1) is 20.8. The minimum absolute atomic E-state index is 0.0422. The molecular formula is C19H36N2O3. The van der Waals surface area contributed by atoms with E-state index in [9.17, 15) is 9.59 Å². The van der Waals surface area contributed by atoms with E-state index in [0.29, 0.717) is 6.42 Å². The lowest BCUT2D eigenvalue weighted by Gasteiger charge is -2.46. The van der Waals surface area contributed by atoms with Gasteiger partial charge in [0.15, 0.2) is 0 Å². The molecule has 0 saturated heterocycles. The number of amides is 2. The molecule has 1 aliphatic carbocycles. The van der Waals surface area contributed by atoms with Crippen molar-refractivity contribution in [3.8, 4) is 0 Å². The molecule has 1 rings (SSSR count). The topological polar surface area (TPSA) is 78.4 Å². The van der Waals surface area contributed by atoms with E-state index in [1.54, 1.807) is 0 Å². The zero-order valence-electron chi connectivity index (χ0n) is 15.9. The number of carboxylic acid groups (broad SMARTS) is 1. The van der Waals surface area contributed by atoms with Crippen LogP contribution in [0.2, 0.25) is 0 Å². The van der Waals surface area contributed by atoms with Crippen LogP contribution in [0.15, 0.2) is 0 Å². The molecule has 0 heterocycles. The van der Waals surface area contributed by atoms with Gasteiger partial charge in [-0.15, -0.1) is 0 Å². The molecule has 0 aromatic carbocycles. The van der Waals surface area contributed by atoms with Gasteiger partial charge in [-0.1, -0.05) is 53.4 Å². The Morgan fingerprint density at radius 2 is 1.75 bits per heavy atom. The Bertz CT molecular complexity index is 423. The van der Waals surface area contributed by atoms with Gasteiger partial charge in [0.25, 0.3) is 0 Å². The van der Waals surface area contributed by atoms with Crippen LogP contribution in [-0.4, -0.2) is 29.7 Å². The number of carbonyl (C=O) groups excluding carboxylic acids is 1. The molecule has 24 heavy (non-hydrogen) atoms. The van der Waals surface area contributed by atoms with Gasteiger partial charge in [-0.3, -0.25) is 4.79 Å². The normalized spacial score (nSPS) is 25.9. The highest BCUT2D eigenvalue weighted by Gasteiger charge is 2.42. The molecule has 3 N–H and O–H groups in total. The van der Waals surface area contributed by atoms with Crippen LogP contribution in [0.25, 0.3) is 0 Å². The van der Waals surface area contributed by atoms with Crippen molar-refractivity contribution < 1.29 is 14.7 Å². The molecule has 140 valence electrons. The number of carbonyl (C=O) groups is 2. The van der Waals surface area contributed by atoms with Crippen molar-refractivity contribution in [1.29, 1.82) is 0 Å². The van der Waals surface area contributed by atoms with Crippen LogP contribution in [-0.2, 0) is 4.79 Å². The number of hydrogen-bond donors (Lipinski definition) is 3. The molecule has 0 aromatic heterocycles. The smallest absolute Gasteiger partial charge is 0.404 e. The molecule has 2 atom stereocenters. The number of rotatable bonds is 9. The average molecular weight is 341 g/mol. The van der Waals surface area contributed by atoms with Gasteiger partial charge in [0.2, 0.25) is 5.91 Å². The van der Waals surface area contributed by atoms with E-state index in [4.69, 9.17) is 5.11 Å². The Morgan fingerprint density at radius 3 is 2.38 bits per heavy atom. The van der Waals surface area contributed by atoms with Crippen LogP contribution in [0.1, 0.15) is 85.5 Å². The van der Waals surface area contributed by atoms with Gasteiger partial charge >= 0.3 is 6.09 Å². The molecular weight excluding hydrogens is 304 g/mol. The summed E-state index contributed by atoms with van der Waals surface area (Å²) in [7, 11) is 0. The fourth-order valence-electron chi connectivity index (χ4n) is 4.45. The highest BCUT2D eigenvalue weighted by Crippen LogP contribution is 2.47. The molecule has 1 fully saturated rings. The summed E-state index contributed by atoms with van der Waals surface area (Å²) in [6.07, 6.45) is 7.94. The van der Waals surface area contributed by atoms with E-state index in [-0.39, 0.29) is 22.8 Å². The molecule has 0 aromatic rings. The molecule has 0 radical (unpaired) electrons. The van der Waals surface area contributed by atoms with E-state index in [0.717, 1.165) is 32.2 Å². The maximum absolute atomic E-state index is 12.3. The average Bonchev–Trinajstić information content (AvgIpc) is 2.38. The van der Waals surface area contributed by atoms with E-state index in [1.165, 1.54) is 25.7 Å². The largest absolute Gasteiger partial charge is 0.465 e. The molecule has 1 saturated carbocycles. The lowest BCUT2D eigenvalue weighted by Crippen LogP contribution is -2.47. The van der Waals surface area contributed by atoms with Gasteiger partial charge in [0.1, 0.15) is 0 Å². The first-order valence-electron chi connectivity index (χ1n) is 9.42. The molecule has 0 aliphatic heterocycles. The predicted octanol–water partition coefficient (Wildman–Crippen LogP) is 4.32. The third-order valence-electron chi connectivity index (χ3n) is 4.96. The Morgan fingerprint density at radius 1 is 1.08 bits per heavy atom. The summed E-state index contributed by atoms with van der Waals surface area (Å²) >= 11 is 0. The van der Waals surface area contributed by atoms with Gasteiger partial charge < -0.3 is 15.7 Å². The Hall–Kier alpha value is -1.26. The third-order valence-corrected chi connectivity index (χ3v) is 4.96. The van der Waals surface area contributed by atoms with Crippen LogP contribution < -0.4 is 10.6 Å². The maximum atomic E-state index is 12.3. The molecule has 2 amide bonds. The van der Waals surface area contributed by atoms with Crippen LogP contribution in [0.5, 0.6) is 0 Å². The quantitative estimate of drug-likeness (QED) is 0.547. The van der Waals surface area contributed by atoms with E-state index < -0.39 is 6.09 Å². The summed E-state index contributed by atoms with van der Waals surface area (Å²) in [4.78, 5) is 23.3. The summed E-state index contributed by atoms with van der Waals surface area (Å²) in [5.41, 5.74) is -0.109. The number of nitrogens with one attached hydrogen (secondary N) is 2. The van der Waals surface area contributed by atoms with Gasteiger partial charge in [0, 0.05) is 19.0 Å². The van der Waals surface area contributed by atoms with Crippen molar-refractivity contribution in [1.82, 2.24) is 10.6 Å². The maximum Gasteiger partial charge on any atom is 0.404 e. The standard InChI is InChI=1S/C19H36N2O3/c1-5-6-7-8-9-10-20-16(22)13-19(4)12-15(21-17(23)24)11-18(2,3)14-19/h15,21H,5-14H2,1-4H3,(H,20,22)(H,23,24). The molecule has 0 spiro atoms. The summed E-state index contributed by atoms with van der Waals surface area (Å²) < 4.78 is 0.